The van der Waals surface area contributed by atoms with E-state index in [0.717, 1.165) is 30.3 Å². The first kappa shape index (κ1) is 22.2. The lowest BCUT2D eigenvalue weighted by atomic mass is 9.57. The number of hydrogen-bond donors (Lipinski definition) is 2. The zero-order chi connectivity index (χ0) is 18.6. The number of nitrogens with zero attached hydrogens (tertiary/aromatic N) is 1. The summed E-state index contributed by atoms with van der Waals surface area (Å²) in [6, 6.07) is 8.32. The van der Waals surface area contributed by atoms with Crippen molar-refractivity contribution >= 4 is 29.9 Å². The molecule has 2 fully saturated rings. The van der Waals surface area contributed by atoms with Crippen LogP contribution < -0.4 is 15.4 Å². The van der Waals surface area contributed by atoms with Gasteiger partial charge < -0.3 is 24.8 Å². The fourth-order valence-electron chi connectivity index (χ4n) is 4.21. The van der Waals surface area contributed by atoms with Gasteiger partial charge in [-0.2, -0.15) is 0 Å². The van der Waals surface area contributed by atoms with Crippen LogP contribution in [0.3, 0.4) is 0 Å². The maximum atomic E-state index is 5.86. The van der Waals surface area contributed by atoms with E-state index < -0.39 is 0 Å². The van der Waals surface area contributed by atoms with Gasteiger partial charge in [-0.15, -0.1) is 24.0 Å². The molecule has 1 saturated carbocycles. The summed E-state index contributed by atoms with van der Waals surface area (Å²) in [5, 5.41) is 6.92. The minimum absolute atomic E-state index is 0. The van der Waals surface area contributed by atoms with Crippen LogP contribution in [-0.2, 0) is 16.1 Å². The molecule has 6 nitrogen and oxygen atoms in total. The summed E-state index contributed by atoms with van der Waals surface area (Å²) < 4.78 is 17.0. The van der Waals surface area contributed by atoms with Gasteiger partial charge in [0.1, 0.15) is 5.75 Å². The number of rotatable bonds is 7. The highest BCUT2D eigenvalue weighted by Crippen LogP contribution is 2.52. The van der Waals surface area contributed by atoms with Crippen molar-refractivity contribution in [3.05, 3.63) is 29.8 Å². The quantitative estimate of drug-likeness (QED) is 0.267. The third-order valence-corrected chi connectivity index (χ3v) is 5.61. The fourth-order valence-corrected chi connectivity index (χ4v) is 4.21. The molecule has 0 amide bonds. The van der Waals surface area contributed by atoms with Gasteiger partial charge in [0.25, 0.3) is 0 Å². The largest absolute Gasteiger partial charge is 0.496 e. The third-order valence-electron chi connectivity index (χ3n) is 5.61. The van der Waals surface area contributed by atoms with Crippen molar-refractivity contribution in [2.24, 2.45) is 16.3 Å². The topological polar surface area (TPSA) is 64.1 Å². The van der Waals surface area contributed by atoms with Crippen molar-refractivity contribution in [3.8, 4) is 5.75 Å². The van der Waals surface area contributed by atoms with Gasteiger partial charge in [-0.05, 0) is 12.5 Å². The van der Waals surface area contributed by atoms with Crippen molar-refractivity contribution in [3.63, 3.8) is 0 Å². The van der Waals surface area contributed by atoms with E-state index in [-0.39, 0.29) is 29.4 Å². The SMILES string of the molecule is CN=C(NCCOCc1ccccc1OC)NC1C2CCOC2C1(C)C.I. The molecule has 1 heterocycles. The molecule has 3 unspecified atom stereocenters. The van der Waals surface area contributed by atoms with Crippen LogP contribution in [0.4, 0.5) is 0 Å². The Balaban J connectivity index is 0.00000261. The van der Waals surface area contributed by atoms with Crippen LogP contribution in [0.15, 0.2) is 29.3 Å². The second kappa shape index (κ2) is 9.93. The van der Waals surface area contributed by atoms with E-state index >= 15 is 0 Å². The molecule has 1 aromatic carbocycles. The molecule has 3 rings (SSSR count). The van der Waals surface area contributed by atoms with E-state index in [2.05, 4.69) is 29.5 Å². The Morgan fingerprint density at radius 3 is 2.85 bits per heavy atom. The molecule has 2 N–H and O–H groups in total. The molecular formula is C20H32IN3O3. The molecule has 3 atom stereocenters. The van der Waals surface area contributed by atoms with Gasteiger partial charge in [0.15, 0.2) is 5.96 Å². The monoisotopic (exact) mass is 489 g/mol. The average molecular weight is 489 g/mol. The Bertz CT molecular complexity index is 639. The van der Waals surface area contributed by atoms with Gasteiger partial charge in [-0.3, -0.25) is 4.99 Å². The highest BCUT2D eigenvalue weighted by atomic mass is 127. The lowest BCUT2D eigenvalue weighted by molar-refractivity contribution is -0.106. The van der Waals surface area contributed by atoms with E-state index in [0.29, 0.717) is 37.8 Å². The summed E-state index contributed by atoms with van der Waals surface area (Å²) in [6.07, 6.45) is 1.51. The van der Waals surface area contributed by atoms with Crippen LogP contribution in [-0.4, -0.2) is 52.0 Å². The van der Waals surface area contributed by atoms with E-state index in [4.69, 9.17) is 14.2 Å². The second-order valence-corrected chi connectivity index (χ2v) is 7.55. The number of benzene rings is 1. The summed E-state index contributed by atoms with van der Waals surface area (Å²) in [6.45, 7) is 7.24. The van der Waals surface area contributed by atoms with Crippen molar-refractivity contribution in [1.82, 2.24) is 10.6 Å². The molecule has 7 heteroatoms. The van der Waals surface area contributed by atoms with Crippen molar-refractivity contribution in [1.29, 1.82) is 0 Å². The van der Waals surface area contributed by atoms with Gasteiger partial charge in [-0.1, -0.05) is 32.0 Å². The third kappa shape index (κ3) is 4.86. The molecule has 152 valence electrons. The summed E-state index contributed by atoms with van der Waals surface area (Å²) in [5.41, 5.74) is 1.19. The standard InChI is InChI=1S/C20H31N3O3.HI/c1-20(2)17(15-9-11-26-18(15)20)23-19(21-3)22-10-12-25-13-14-7-5-6-8-16(14)24-4;/h5-8,15,17-18H,9-13H2,1-4H3,(H2,21,22,23);1H. The molecule has 1 saturated heterocycles. The molecule has 0 spiro atoms. The summed E-state index contributed by atoms with van der Waals surface area (Å²) >= 11 is 0. The first-order valence-corrected chi connectivity index (χ1v) is 9.36. The number of hydrogen-bond acceptors (Lipinski definition) is 4. The van der Waals surface area contributed by atoms with Crippen LogP contribution in [0.25, 0.3) is 0 Å². The highest BCUT2D eigenvalue weighted by molar-refractivity contribution is 14.0. The zero-order valence-corrected chi connectivity index (χ0v) is 19.0. The summed E-state index contributed by atoms with van der Waals surface area (Å²) in [7, 11) is 3.48. The highest BCUT2D eigenvalue weighted by Gasteiger charge is 2.59. The van der Waals surface area contributed by atoms with Crippen LogP contribution in [0.5, 0.6) is 5.75 Å². The Labute approximate surface area is 179 Å². The normalized spacial score (nSPS) is 25.8. The molecule has 1 aromatic rings. The van der Waals surface area contributed by atoms with Gasteiger partial charge in [-0.25, -0.2) is 0 Å². The number of aliphatic imine (C=N–C) groups is 1. The maximum Gasteiger partial charge on any atom is 0.191 e. The van der Waals surface area contributed by atoms with Crippen molar-refractivity contribution in [2.45, 2.75) is 39.0 Å². The fraction of sp³-hybridized carbons (Fsp3) is 0.650. The van der Waals surface area contributed by atoms with Crippen molar-refractivity contribution in [2.75, 3.05) is 33.9 Å². The predicted octanol–water partition coefficient (Wildman–Crippen LogP) is 2.81. The minimum Gasteiger partial charge on any atom is -0.496 e. The second-order valence-electron chi connectivity index (χ2n) is 7.55. The van der Waals surface area contributed by atoms with Crippen LogP contribution in [0.2, 0.25) is 0 Å². The molecule has 27 heavy (non-hydrogen) atoms. The van der Waals surface area contributed by atoms with Crippen LogP contribution in [0, 0.1) is 11.3 Å². The molecule has 0 bridgehead atoms. The smallest absolute Gasteiger partial charge is 0.191 e. The number of halogens is 1. The first-order valence-electron chi connectivity index (χ1n) is 9.36. The van der Waals surface area contributed by atoms with E-state index in [9.17, 15) is 0 Å². The van der Waals surface area contributed by atoms with E-state index in [1.807, 2.05) is 24.3 Å². The lowest BCUT2D eigenvalue weighted by Gasteiger charge is -2.54. The van der Waals surface area contributed by atoms with Crippen molar-refractivity contribution < 1.29 is 14.2 Å². The van der Waals surface area contributed by atoms with Gasteiger partial charge in [0.05, 0.1) is 26.4 Å². The van der Waals surface area contributed by atoms with Gasteiger partial charge in [0.2, 0.25) is 0 Å². The summed E-state index contributed by atoms with van der Waals surface area (Å²) in [4.78, 5) is 4.35. The van der Waals surface area contributed by atoms with Gasteiger partial charge >= 0.3 is 0 Å². The van der Waals surface area contributed by atoms with Gasteiger partial charge in [0, 0.05) is 43.1 Å². The summed E-state index contributed by atoms with van der Waals surface area (Å²) in [5.74, 6) is 2.28. The molecule has 1 aliphatic heterocycles. The number of ether oxygens (including phenoxy) is 3. The van der Waals surface area contributed by atoms with Crippen LogP contribution >= 0.6 is 24.0 Å². The number of guanidine groups is 1. The van der Waals surface area contributed by atoms with Crippen LogP contribution in [0.1, 0.15) is 25.8 Å². The molecule has 0 radical (unpaired) electrons. The Morgan fingerprint density at radius 2 is 2.11 bits per heavy atom. The van der Waals surface area contributed by atoms with E-state index in [1.165, 1.54) is 0 Å². The lowest BCUT2D eigenvalue weighted by Crippen LogP contribution is -2.68. The predicted molar refractivity (Wildman–Crippen MR) is 118 cm³/mol. The number of para-hydroxylation sites is 1. The number of methoxy groups -OCH3 is 1. The number of fused-ring (bicyclic) bond motifs is 1. The number of nitrogens with one attached hydrogen (secondary N) is 2. The average Bonchev–Trinajstić information content (AvgIpc) is 3.11. The Kier molecular flexibility index (Phi) is 8.18. The Morgan fingerprint density at radius 1 is 1.33 bits per heavy atom. The molecule has 0 aromatic heterocycles. The molecule has 1 aliphatic carbocycles. The van der Waals surface area contributed by atoms with E-state index in [1.54, 1.807) is 14.2 Å². The Hall–Kier alpha value is -1.06. The molecular weight excluding hydrogens is 457 g/mol. The first-order chi connectivity index (χ1) is 12.6. The minimum atomic E-state index is 0. The maximum absolute atomic E-state index is 5.86. The zero-order valence-electron chi connectivity index (χ0n) is 16.7. The molecule has 2 aliphatic rings.